The molecule has 15 heavy (non-hydrogen) atoms. The van der Waals surface area contributed by atoms with Crippen LogP contribution >= 0.6 is 0 Å². The molecule has 0 saturated carbocycles. The van der Waals surface area contributed by atoms with E-state index in [1.165, 1.54) is 5.57 Å². The Morgan fingerprint density at radius 3 is 2.87 bits per heavy atom. The lowest BCUT2D eigenvalue weighted by atomic mass is 9.99. The molecular weight excluding hydrogens is 188 g/mol. The van der Waals surface area contributed by atoms with E-state index >= 15 is 0 Å². The van der Waals surface area contributed by atoms with Gasteiger partial charge >= 0.3 is 0 Å². The Morgan fingerprint density at radius 2 is 2.33 bits per heavy atom. The van der Waals surface area contributed by atoms with E-state index in [-0.39, 0.29) is 6.04 Å². The number of aryl methyl sites for hydroxylation is 1. The molecule has 0 saturated heterocycles. The highest BCUT2D eigenvalue weighted by Crippen LogP contribution is 2.25. The molecule has 1 heterocycles. The first-order valence-electron chi connectivity index (χ1n) is 5.41. The summed E-state index contributed by atoms with van der Waals surface area (Å²) < 4.78 is 5.39. The van der Waals surface area contributed by atoms with Gasteiger partial charge in [0.15, 0.2) is 0 Å². The van der Waals surface area contributed by atoms with Crippen LogP contribution in [0, 0.1) is 0 Å². The predicted octanol–water partition coefficient (Wildman–Crippen LogP) is 2.70. The van der Waals surface area contributed by atoms with Crippen molar-refractivity contribution in [1.29, 1.82) is 0 Å². The van der Waals surface area contributed by atoms with Crippen LogP contribution in [0.25, 0.3) is 0 Å². The monoisotopic (exact) mass is 208 g/mol. The standard InChI is InChI=1S/C12H20N2O/c1-4-9(3)8-11(14-13)10-6-7-15-12(10)5-2/h6-7,11,14H,3-5,8,13H2,1-2H3. The van der Waals surface area contributed by atoms with Crippen molar-refractivity contribution in [3.63, 3.8) is 0 Å². The molecule has 0 radical (unpaired) electrons. The summed E-state index contributed by atoms with van der Waals surface area (Å²) >= 11 is 0. The van der Waals surface area contributed by atoms with Gasteiger partial charge in [-0.3, -0.25) is 11.3 Å². The summed E-state index contributed by atoms with van der Waals surface area (Å²) in [6.45, 7) is 8.18. The molecule has 1 atom stereocenters. The molecule has 1 unspecified atom stereocenters. The molecule has 84 valence electrons. The van der Waals surface area contributed by atoms with Crippen LogP contribution in [0.2, 0.25) is 0 Å². The van der Waals surface area contributed by atoms with Crippen molar-refractivity contribution in [2.45, 2.75) is 39.2 Å². The maximum Gasteiger partial charge on any atom is 0.108 e. The van der Waals surface area contributed by atoms with E-state index in [9.17, 15) is 0 Å². The summed E-state index contributed by atoms with van der Waals surface area (Å²) in [7, 11) is 0. The van der Waals surface area contributed by atoms with Crippen LogP contribution < -0.4 is 11.3 Å². The van der Waals surface area contributed by atoms with Gasteiger partial charge in [0.2, 0.25) is 0 Å². The summed E-state index contributed by atoms with van der Waals surface area (Å²) in [5.74, 6) is 6.56. The summed E-state index contributed by atoms with van der Waals surface area (Å²) in [6, 6.07) is 2.10. The number of hydrogen-bond donors (Lipinski definition) is 2. The van der Waals surface area contributed by atoms with Crippen molar-refractivity contribution in [2.75, 3.05) is 0 Å². The molecule has 1 aromatic heterocycles. The minimum atomic E-state index is 0.117. The molecule has 3 N–H and O–H groups in total. The van der Waals surface area contributed by atoms with E-state index in [2.05, 4.69) is 25.9 Å². The lowest BCUT2D eigenvalue weighted by molar-refractivity contribution is 0.485. The predicted molar refractivity (Wildman–Crippen MR) is 62.2 cm³/mol. The molecule has 0 aliphatic heterocycles. The number of furan rings is 1. The average molecular weight is 208 g/mol. The van der Waals surface area contributed by atoms with E-state index in [4.69, 9.17) is 10.3 Å². The summed E-state index contributed by atoms with van der Waals surface area (Å²) in [5, 5.41) is 0. The lowest BCUT2D eigenvalue weighted by Crippen LogP contribution is -2.28. The van der Waals surface area contributed by atoms with E-state index in [1.807, 2.05) is 6.07 Å². The number of hydrazine groups is 1. The normalized spacial score (nSPS) is 12.7. The fourth-order valence-corrected chi connectivity index (χ4v) is 1.64. The van der Waals surface area contributed by atoms with E-state index in [1.54, 1.807) is 6.26 Å². The maximum absolute atomic E-state index is 5.56. The van der Waals surface area contributed by atoms with E-state index in [0.29, 0.717) is 0 Å². The first kappa shape index (κ1) is 12.0. The van der Waals surface area contributed by atoms with Crippen molar-refractivity contribution in [1.82, 2.24) is 5.43 Å². The zero-order chi connectivity index (χ0) is 11.3. The Bertz CT molecular complexity index is 317. The third kappa shape index (κ3) is 2.94. The van der Waals surface area contributed by atoms with Gasteiger partial charge in [0.1, 0.15) is 5.76 Å². The molecule has 3 heteroatoms. The highest BCUT2D eigenvalue weighted by molar-refractivity contribution is 5.23. The number of nitrogens with two attached hydrogens (primary N) is 1. The van der Waals surface area contributed by atoms with Crippen molar-refractivity contribution in [2.24, 2.45) is 5.84 Å². The molecule has 0 bridgehead atoms. The van der Waals surface area contributed by atoms with Crippen LogP contribution in [0.3, 0.4) is 0 Å². The molecule has 1 aromatic rings. The first-order chi connectivity index (χ1) is 7.22. The molecule has 0 aliphatic rings. The first-order valence-corrected chi connectivity index (χ1v) is 5.41. The van der Waals surface area contributed by atoms with Gasteiger partial charge in [0.25, 0.3) is 0 Å². The minimum Gasteiger partial charge on any atom is -0.469 e. The number of hydrogen-bond acceptors (Lipinski definition) is 3. The second-order valence-corrected chi connectivity index (χ2v) is 3.68. The van der Waals surface area contributed by atoms with Gasteiger partial charge in [0, 0.05) is 12.0 Å². The molecule has 0 spiro atoms. The van der Waals surface area contributed by atoms with Gasteiger partial charge in [-0.05, 0) is 18.9 Å². The fraction of sp³-hybridized carbons (Fsp3) is 0.500. The number of rotatable bonds is 6. The van der Waals surface area contributed by atoms with Crippen LogP contribution in [0.1, 0.15) is 44.1 Å². The highest BCUT2D eigenvalue weighted by Gasteiger charge is 2.16. The van der Waals surface area contributed by atoms with Crippen molar-refractivity contribution in [3.05, 3.63) is 35.8 Å². The largest absolute Gasteiger partial charge is 0.469 e. The van der Waals surface area contributed by atoms with Gasteiger partial charge in [-0.25, -0.2) is 0 Å². The van der Waals surface area contributed by atoms with Gasteiger partial charge in [-0.15, -0.1) is 0 Å². The fourth-order valence-electron chi connectivity index (χ4n) is 1.64. The summed E-state index contributed by atoms with van der Waals surface area (Å²) in [6.07, 6.45) is 4.45. The van der Waals surface area contributed by atoms with Crippen molar-refractivity contribution < 1.29 is 4.42 Å². The molecular formula is C12H20N2O. The summed E-state index contributed by atoms with van der Waals surface area (Å²) in [4.78, 5) is 0. The minimum absolute atomic E-state index is 0.117. The van der Waals surface area contributed by atoms with Crippen LogP contribution in [0.4, 0.5) is 0 Å². The zero-order valence-electron chi connectivity index (χ0n) is 9.55. The van der Waals surface area contributed by atoms with E-state index in [0.717, 1.165) is 30.6 Å². The molecule has 0 amide bonds. The quantitative estimate of drug-likeness (QED) is 0.429. The smallest absolute Gasteiger partial charge is 0.108 e. The van der Waals surface area contributed by atoms with Crippen LogP contribution in [0.15, 0.2) is 28.9 Å². The van der Waals surface area contributed by atoms with Crippen LogP contribution in [-0.2, 0) is 6.42 Å². The van der Waals surface area contributed by atoms with Gasteiger partial charge < -0.3 is 4.42 Å². The second kappa shape index (κ2) is 5.73. The lowest BCUT2D eigenvalue weighted by Gasteiger charge is -2.16. The zero-order valence-corrected chi connectivity index (χ0v) is 9.55. The Kier molecular flexibility index (Phi) is 4.59. The SMILES string of the molecule is C=C(CC)CC(NN)c1ccoc1CC. The molecule has 3 nitrogen and oxygen atoms in total. The van der Waals surface area contributed by atoms with Gasteiger partial charge in [-0.1, -0.05) is 26.0 Å². The van der Waals surface area contributed by atoms with E-state index < -0.39 is 0 Å². The highest BCUT2D eigenvalue weighted by atomic mass is 16.3. The number of nitrogens with one attached hydrogen (secondary N) is 1. The van der Waals surface area contributed by atoms with Crippen molar-refractivity contribution >= 4 is 0 Å². The van der Waals surface area contributed by atoms with Crippen molar-refractivity contribution in [3.8, 4) is 0 Å². The molecule has 0 aliphatic carbocycles. The molecule has 1 rings (SSSR count). The second-order valence-electron chi connectivity index (χ2n) is 3.68. The topological polar surface area (TPSA) is 51.2 Å². The van der Waals surface area contributed by atoms with Gasteiger partial charge in [0.05, 0.1) is 12.3 Å². The average Bonchev–Trinajstić information content (AvgIpc) is 2.73. The third-order valence-corrected chi connectivity index (χ3v) is 2.67. The van der Waals surface area contributed by atoms with Crippen LogP contribution in [-0.4, -0.2) is 0 Å². The molecule has 0 aromatic carbocycles. The van der Waals surface area contributed by atoms with Gasteiger partial charge in [-0.2, -0.15) is 0 Å². The maximum atomic E-state index is 5.56. The third-order valence-electron chi connectivity index (χ3n) is 2.67. The summed E-state index contributed by atoms with van der Waals surface area (Å²) in [5.41, 5.74) is 5.17. The Morgan fingerprint density at radius 1 is 1.60 bits per heavy atom. The molecule has 0 fully saturated rings. The van der Waals surface area contributed by atoms with Crippen LogP contribution in [0.5, 0.6) is 0 Å². The Labute approximate surface area is 91.3 Å². The Balaban J connectivity index is 2.78. The Hall–Kier alpha value is -1.06.